The van der Waals surface area contributed by atoms with Gasteiger partial charge in [0, 0.05) is 12.6 Å². The highest BCUT2D eigenvalue weighted by molar-refractivity contribution is 7.15. The number of nitrogens with one attached hydrogen (secondary N) is 1. The highest BCUT2D eigenvalue weighted by Gasteiger charge is 2.39. The maximum absolute atomic E-state index is 13.9. The first kappa shape index (κ1) is 21.7. The van der Waals surface area contributed by atoms with Crippen molar-refractivity contribution in [2.24, 2.45) is 5.92 Å². The molecule has 4 aromatic rings. The molecule has 2 atom stereocenters. The number of carbonyl (C=O) groups excluding carboxylic acids is 1. The van der Waals surface area contributed by atoms with Gasteiger partial charge < -0.3 is 9.88 Å². The highest BCUT2D eigenvalue weighted by Crippen LogP contribution is 2.40. The predicted molar refractivity (Wildman–Crippen MR) is 125 cm³/mol. The smallest absolute Gasteiger partial charge is 0.274 e. The van der Waals surface area contributed by atoms with E-state index in [2.05, 4.69) is 42.9 Å². The first-order chi connectivity index (χ1) is 15.7. The molecule has 170 valence electrons. The Hall–Kier alpha value is -3.13. The summed E-state index contributed by atoms with van der Waals surface area (Å²) in [5.74, 6) is -0.670. The molecule has 0 unspecified atom stereocenters. The summed E-state index contributed by atoms with van der Waals surface area (Å²) in [6.45, 7) is 8.57. The summed E-state index contributed by atoms with van der Waals surface area (Å²) in [4.78, 5) is 28.7. The fourth-order valence-corrected chi connectivity index (χ4v) is 5.51. The van der Waals surface area contributed by atoms with Gasteiger partial charge in [-0.3, -0.25) is 4.79 Å². The molecule has 1 N–H and O–H groups in total. The average molecular weight is 467 g/mol. The van der Waals surface area contributed by atoms with Gasteiger partial charge in [-0.2, -0.15) is 0 Å². The lowest BCUT2D eigenvalue weighted by Gasteiger charge is -2.25. The van der Waals surface area contributed by atoms with Gasteiger partial charge in [0.2, 0.25) is 0 Å². The molecule has 2 aromatic carbocycles. The summed E-state index contributed by atoms with van der Waals surface area (Å²) < 4.78 is 27.8. The molecule has 33 heavy (non-hydrogen) atoms. The topological polar surface area (TPSA) is 61.9 Å². The number of benzene rings is 2. The first-order valence-electron chi connectivity index (χ1n) is 10.9. The van der Waals surface area contributed by atoms with Crippen molar-refractivity contribution in [3.63, 3.8) is 0 Å². The summed E-state index contributed by atoms with van der Waals surface area (Å²) in [5.41, 5.74) is 4.71. The molecule has 3 heterocycles. The van der Waals surface area contributed by atoms with Crippen LogP contribution in [0, 0.1) is 38.3 Å². The van der Waals surface area contributed by atoms with Gasteiger partial charge in [0.1, 0.15) is 23.2 Å². The third-order valence-electron chi connectivity index (χ3n) is 6.42. The number of amides is 1. The molecule has 2 aromatic heterocycles. The van der Waals surface area contributed by atoms with Crippen molar-refractivity contribution in [1.82, 2.24) is 19.9 Å². The first-order valence-corrected chi connectivity index (χ1v) is 11.7. The van der Waals surface area contributed by atoms with Crippen LogP contribution in [0.4, 0.5) is 8.78 Å². The lowest BCUT2D eigenvalue weighted by atomic mass is 10.0. The third-order valence-corrected chi connectivity index (χ3v) is 7.44. The van der Waals surface area contributed by atoms with Crippen LogP contribution in [-0.2, 0) is 0 Å². The number of thiazole rings is 1. The summed E-state index contributed by atoms with van der Waals surface area (Å²) in [6.07, 6.45) is 0.832. The SMILES string of the molecule is Cc1nc(C(=O)N2CC[C@H](C)[C@H]2c2nc3cc(C)c(C)cc3[nH]2)c(-c2cc(F)cc(F)c2)s1. The van der Waals surface area contributed by atoms with E-state index in [1.165, 1.54) is 29.0 Å². The molecule has 1 fully saturated rings. The number of carbonyl (C=O) groups is 1. The Morgan fingerprint density at radius 3 is 2.48 bits per heavy atom. The van der Waals surface area contributed by atoms with Crippen molar-refractivity contribution in [3.8, 4) is 10.4 Å². The van der Waals surface area contributed by atoms with Crippen LogP contribution in [0.15, 0.2) is 30.3 Å². The molecular weight excluding hydrogens is 442 g/mol. The van der Waals surface area contributed by atoms with Crippen molar-refractivity contribution in [2.75, 3.05) is 6.54 Å². The second-order valence-electron chi connectivity index (χ2n) is 8.85. The van der Waals surface area contributed by atoms with E-state index in [-0.39, 0.29) is 23.6 Å². The quantitative estimate of drug-likeness (QED) is 0.396. The minimum atomic E-state index is -0.685. The van der Waals surface area contributed by atoms with Crippen LogP contribution in [0.3, 0.4) is 0 Å². The monoisotopic (exact) mass is 466 g/mol. The van der Waals surface area contributed by atoms with Gasteiger partial charge >= 0.3 is 0 Å². The normalized spacial score (nSPS) is 18.4. The molecule has 1 saturated heterocycles. The Morgan fingerprint density at radius 2 is 1.76 bits per heavy atom. The molecule has 1 amide bonds. The molecule has 0 spiro atoms. The molecule has 0 saturated carbocycles. The second kappa shape index (κ2) is 8.02. The van der Waals surface area contributed by atoms with Gasteiger partial charge in [-0.1, -0.05) is 6.92 Å². The van der Waals surface area contributed by atoms with E-state index in [9.17, 15) is 13.6 Å². The van der Waals surface area contributed by atoms with Crippen LogP contribution in [0.5, 0.6) is 0 Å². The minimum absolute atomic E-state index is 0.200. The van der Waals surface area contributed by atoms with Crippen LogP contribution in [0.2, 0.25) is 0 Å². The zero-order valence-electron chi connectivity index (χ0n) is 18.9. The van der Waals surface area contributed by atoms with Crippen LogP contribution in [-0.4, -0.2) is 32.3 Å². The zero-order chi connectivity index (χ0) is 23.4. The molecule has 1 aliphatic rings. The van der Waals surface area contributed by atoms with E-state index in [1.807, 2.05) is 0 Å². The van der Waals surface area contributed by atoms with Crippen molar-refractivity contribution in [1.29, 1.82) is 0 Å². The average Bonchev–Trinajstić information content (AvgIpc) is 3.43. The number of nitrogens with zero attached hydrogens (tertiary/aromatic N) is 3. The number of hydrogen-bond acceptors (Lipinski definition) is 4. The van der Waals surface area contributed by atoms with E-state index in [1.54, 1.807) is 11.8 Å². The summed E-state index contributed by atoms with van der Waals surface area (Å²) >= 11 is 1.26. The molecule has 1 aliphatic heterocycles. The van der Waals surface area contributed by atoms with E-state index >= 15 is 0 Å². The molecule has 8 heteroatoms. The fraction of sp³-hybridized carbons (Fsp3) is 0.320. The summed E-state index contributed by atoms with van der Waals surface area (Å²) in [7, 11) is 0. The van der Waals surface area contributed by atoms with Crippen molar-refractivity contribution >= 4 is 28.3 Å². The standard InChI is InChI=1S/C25H24F2N4OS/c1-12-5-6-31(22(12)24-29-19-7-13(2)14(3)8-20(19)30-24)25(32)21-23(33-15(4)28-21)16-9-17(26)11-18(27)10-16/h7-12,22H,5-6H2,1-4H3,(H,29,30)/t12-,22-/m0/s1. The van der Waals surface area contributed by atoms with Crippen molar-refractivity contribution in [3.05, 3.63) is 69.6 Å². The lowest BCUT2D eigenvalue weighted by molar-refractivity contribution is 0.0709. The summed E-state index contributed by atoms with van der Waals surface area (Å²) in [6, 6.07) is 7.19. The molecule has 0 bridgehead atoms. The number of hydrogen-bond donors (Lipinski definition) is 1. The molecule has 0 radical (unpaired) electrons. The number of rotatable bonds is 3. The van der Waals surface area contributed by atoms with Gasteiger partial charge in [-0.05, 0) is 74.1 Å². The zero-order valence-corrected chi connectivity index (χ0v) is 19.7. The van der Waals surface area contributed by atoms with E-state index in [0.717, 1.165) is 34.9 Å². The predicted octanol–water partition coefficient (Wildman–Crippen LogP) is 6.11. The van der Waals surface area contributed by atoms with Gasteiger partial charge in [-0.15, -0.1) is 11.3 Å². The highest BCUT2D eigenvalue weighted by atomic mass is 32.1. The van der Waals surface area contributed by atoms with Crippen LogP contribution in [0.25, 0.3) is 21.5 Å². The number of halogens is 2. The number of imidazole rings is 1. The Morgan fingerprint density at radius 1 is 1.06 bits per heavy atom. The van der Waals surface area contributed by atoms with E-state index < -0.39 is 11.6 Å². The second-order valence-corrected chi connectivity index (χ2v) is 10.1. The Labute approximate surface area is 194 Å². The molecule has 5 nitrogen and oxygen atoms in total. The molecular formula is C25H24F2N4OS. The number of aryl methyl sites for hydroxylation is 3. The van der Waals surface area contributed by atoms with Crippen molar-refractivity contribution < 1.29 is 13.6 Å². The Bertz CT molecular complexity index is 1330. The largest absolute Gasteiger partial charge is 0.340 e. The van der Waals surface area contributed by atoms with Gasteiger partial charge in [0.05, 0.1) is 27.0 Å². The van der Waals surface area contributed by atoms with Gasteiger partial charge in [0.15, 0.2) is 0 Å². The lowest BCUT2D eigenvalue weighted by Crippen LogP contribution is -2.33. The van der Waals surface area contributed by atoms with Crippen LogP contribution < -0.4 is 0 Å². The van der Waals surface area contributed by atoms with Crippen LogP contribution in [0.1, 0.15) is 51.8 Å². The number of fused-ring (bicyclic) bond motifs is 1. The van der Waals surface area contributed by atoms with Crippen LogP contribution >= 0.6 is 11.3 Å². The minimum Gasteiger partial charge on any atom is -0.340 e. The number of likely N-dealkylation sites (tertiary alicyclic amines) is 1. The van der Waals surface area contributed by atoms with E-state index in [0.29, 0.717) is 22.0 Å². The van der Waals surface area contributed by atoms with Gasteiger partial charge in [-0.25, -0.2) is 18.7 Å². The Kier molecular flexibility index (Phi) is 5.28. The maximum Gasteiger partial charge on any atom is 0.274 e. The summed E-state index contributed by atoms with van der Waals surface area (Å²) in [5, 5.41) is 0.663. The maximum atomic E-state index is 13.9. The van der Waals surface area contributed by atoms with Gasteiger partial charge in [0.25, 0.3) is 5.91 Å². The Balaban J connectivity index is 1.55. The number of aromatic nitrogens is 3. The fourth-order valence-electron chi connectivity index (χ4n) is 4.61. The molecule has 5 rings (SSSR count). The number of H-pyrrole nitrogens is 1. The van der Waals surface area contributed by atoms with E-state index in [4.69, 9.17) is 4.98 Å². The molecule has 0 aliphatic carbocycles. The third kappa shape index (κ3) is 3.82. The van der Waals surface area contributed by atoms with Crippen molar-refractivity contribution in [2.45, 2.75) is 40.2 Å². The number of aromatic amines is 1.